The molecule has 212 valence electrons. The van der Waals surface area contributed by atoms with Gasteiger partial charge in [-0.25, -0.2) is 28.2 Å². The molecule has 41 heavy (non-hydrogen) atoms. The van der Waals surface area contributed by atoms with Gasteiger partial charge in [-0.2, -0.15) is 0 Å². The van der Waals surface area contributed by atoms with Gasteiger partial charge in [0.15, 0.2) is 5.82 Å². The van der Waals surface area contributed by atoms with Gasteiger partial charge in [0.2, 0.25) is 14.2 Å². The van der Waals surface area contributed by atoms with Crippen molar-refractivity contribution in [3.05, 3.63) is 77.4 Å². The van der Waals surface area contributed by atoms with E-state index in [1.807, 2.05) is 12.1 Å². The first-order chi connectivity index (χ1) is 19.7. The van der Waals surface area contributed by atoms with Gasteiger partial charge in [-0.15, -0.1) is 11.3 Å². The smallest absolute Gasteiger partial charge is 0.410 e. The van der Waals surface area contributed by atoms with Crippen LogP contribution in [0, 0.1) is 6.92 Å². The lowest BCUT2D eigenvalue weighted by Gasteiger charge is -2.34. The van der Waals surface area contributed by atoms with Crippen molar-refractivity contribution in [2.75, 3.05) is 30.0 Å². The Kier molecular flexibility index (Phi) is 7.22. The zero-order chi connectivity index (χ0) is 28.6. The van der Waals surface area contributed by atoms with E-state index in [1.165, 1.54) is 0 Å². The number of carbonyl (C=O) groups excluding carboxylic acids is 1. The van der Waals surface area contributed by atoms with Crippen LogP contribution in [0.2, 0.25) is 0 Å². The average molecular weight is 592 g/mol. The summed E-state index contributed by atoms with van der Waals surface area (Å²) in [5.74, 6) is 1.51. The Morgan fingerprint density at radius 1 is 1.10 bits per heavy atom. The van der Waals surface area contributed by atoms with Crippen molar-refractivity contribution >= 4 is 38.8 Å². The monoisotopic (exact) mass is 591 g/mol. The van der Waals surface area contributed by atoms with E-state index in [-0.39, 0.29) is 10.4 Å². The number of thiazole rings is 1. The number of aromatic nitrogens is 3. The van der Waals surface area contributed by atoms with Crippen molar-refractivity contribution < 1.29 is 22.7 Å². The van der Waals surface area contributed by atoms with Crippen molar-refractivity contribution in [1.82, 2.24) is 15.0 Å². The van der Waals surface area contributed by atoms with Gasteiger partial charge in [0.05, 0.1) is 24.9 Å². The normalized spacial score (nSPS) is 18.1. The summed E-state index contributed by atoms with van der Waals surface area (Å²) in [6, 6.07) is 17.7. The molecule has 1 saturated carbocycles. The summed E-state index contributed by atoms with van der Waals surface area (Å²) >= 11 is 1.14. The molecule has 1 amide bonds. The lowest BCUT2D eigenvalue weighted by atomic mass is 10.1. The summed E-state index contributed by atoms with van der Waals surface area (Å²) in [6.07, 6.45) is 0.327. The molecular formula is C29H29N5O5S2. The number of amides is 1. The van der Waals surface area contributed by atoms with E-state index in [4.69, 9.17) is 19.4 Å². The maximum atomic E-state index is 13.8. The third-order valence-corrected chi connectivity index (χ3v) is 11.1. The second-order valence-corrected chi connectivity index (χ2v) is 13.5. The summed E-state index contributed by atoms with van der Waals surface area (Å²) in [5.41, 5.74) is 2.37. The van der Waals surface area contributed by atoms with Crippen molar-refractivity contribution in [2.45, 2.75) is 41.8 Å². The molecule has 0 radical (unpaired) electrons. The SMILES string of the molecule is Cc1csc(S(=O)(=O)C2(c3cc(N4CCOC[C@@H]4C)nc(-c4ccc(NC(=O)Oc5ccccc5)cc4)n3)CC2)n1. The maximum Gasteiger partial charge on any atom is 0.417 e. The number of ether oxygens (including phenoxy) is 2. The number of benzene rings is 2. The van der Waals surface area contributed by atoms with Crippen LogP contribution in [-0.2, 0) is 19.3 Å². The molecule has 2 aliphatic rings. The maximum absolute atomic E-state index is 13.8. The van der Waals surface area contributed by atoms with E-state index in [0.717, 1.165) is 11.3 Å². The minimum Gasteiger partial charge on any atom is -0.410 e. The number of carbonyl (C=O) groups is 1. The van der Waals surface area contributed by atoms with Crippen LogP contribution in [0.3, 0.4) is 0 Å². The molecule has 6 rings (SSSR count). The number of hydrogen-bond donors (Lipinski definition) is 1. The topological polar surface area (TPSA) is 124 Å². The van der Waals surface area contributed by atoms with Crippen LogP contribution in [0.4, 0.5) is 16.3 Å². The van der Waals surface area contributed by atoms with Crippen LogP contribution in [-0.4, -0.2) is 55.3 Å². The second kappa shape index (κ2) is 10.8. The number of sulfone groups is 1. The Labute approximate surface area is 242 Å². The Morgan fingerprint density at radius 3 is 2.51 bits per heavy atom. The number of para-hydroxylation sites is 1. The first kappa shape index (κ1) is 27.3. The summed E-state index contributed by atoms with van der Waals surface area (Å²) in [7, 11) is -3.75. The van der Waals surface area contributed by atoms with Gasteiger partial charge >= 0.3 is 6.09 Å². The molecule has 0 spiro atoms. The molecule has 0 unspecified atom stereocenters. The van der Waals surface area contributed by atoms with E-state index in [2.05, 4.69) is 22.1 Å². The molecule has 2 aromatic heterocycles. The van der Waals surface area contributed by atoms with Gasteiger partial charge in [-0.3, -0.25) is 5.32 Å². The molecule has 10 nitrogen and oxygen atoms in total. The van der Waals surface area contributed by atoms with Gasteiger partial charge < -0.3 is 14.4 Å². The van der Waals surface area contributed by atoms with Gasteiger partial charge in [0, 0.05) is 34.9 Å². The van der Waals surface area contributed by atoms with Crippen LogP contribution in [0.1, 0.15) is 31.2 Å². The Balaban J connectivity index is 1.33. The van der Waals surface area contributed by atoms with Crippen molar-refractivity contribution in [3.63, 3.8) is 0 Å². The third-order valence-electron chi connectivity index (χ3n) is 7.23. The molecule has 2 aromatic carbocycles. The predicted octanol–water partition coefficient (Wildman–Crippen LogP) is 5.21. The first-order valence-corrected chi connectivity index (χ1v) is 15.7. The quantitative estimate of drug-likeness (QED) is 0.309. The van der Waals surface area contributed by atoms with E-state index in [0.29, 0.717) is 72.6 Å². The Morgan fingerprint density at radius 2 is 1.85 bits per heavy atom. The van der Waals surface area contributed by atoms with Crippen LogP contribution < -0.4 is 15.0 Å². The molecule has 1 saturated heterocycles. The van der Waals surface area contributed by atoms with Crippen molar-refractivity contribution in [1.29, 1.82) is 0 Å². The number of anilines is 2. The molecule has 1 aliphatic heterocycles. The van der Waals surface area contributed by atoms with Crippen LogP contribution in [0.15, 0.2) is 70.4 Å². The van der Waals surface area contributed by atoms with E-state index < -0.39 is 20.7 Å². The second-order valence-electron chi connectivity index (χ2n) is 10.2. The fourth-order valence-electron chi connectivity index (χ4n) is 4.85. The number of nitrogens with zero attached hydrogens (tertiary/aromatic N) is 4. The summed E-state index contributed by atoms with van der Waals surface area (Å²) < 4.78 is 37.5. The standard InChI is InChI=1S/C29H29N5O5S2/c1-19-18-40-28(30-19)41(36,37)29(12-13-29)24-16-25(34-14-15-38-17-20(34)2)33-26(32-24)21-8-10-22(11-9-21)31-27(35)39-23-6-4-3-5-7-23/h3-11,16,18,20H,12-15,17H2,1-2H3,(H,31,35)/t20-/m0/s1. The fourth-order valence-corrected chi connectivity index (χ4v) is 8.12. The fraction of sp³-hybridized carbons (Fsp3) is 0.310. The number of morpholine rings is 1. The summed E-state index contributed by atoms with van der Waals surface area (Å²) in [5, 5.41) is 4.46. The van der Waals surface area contributed by atoms with Crippen LogP contribution >= 0.6 is 11.3 Å². The Hall–Kier alpha value is -3.87. The van der Waals surface area contributed by atoms with Crippen molar-refractivity contribution in [3.8, 4) is 17.1 Å². The highest BCUT2D eigenvalue weighted by Crippen LogP contribution is 2.55. The zero-order valence-electron chi connectivity index (χ0n) is 22.6. The molecule has 12 heteroatoms. The molecule has 4 aromatic rings. The lowest BCUT2D eigenvalue weighted by Crippen LogP contribution is -2.44. The largest absolute Gasteiger partial charge is 0.417 e. The number of hydrogen-bond acceptors (Lipinski definition) is 10. The van der Waals surface area contributed by atoms with Crippen LogP contribution in [0.25, 0.3) is 11.4 Å². The highest BCUT2D eigenvalue weighted by molar-refractivity contribution is 7.94. The first-order valence-electron chi connectivity index (χ1n) is 13.3. The lowest BCUT2D eigenvalue weighted by molar-refractivity contribution is 0.0985. The molecule has 3 heterocycles. The van der Waals surface area contributed by atoms with E-state index in [9.17, 15) is 13.2 Å². The Bertz CT molecular complexity index is 1670. The molecular weight excluding hydrogens is 562 g/mol. The molecule has 1 N–H and O–H groups in total. The highest BCUT2D eigenvalue weighted by Gasteiger charge is 2.59. The van der Waals surface area contributed by atoms with Crippen LogP contribution in [0.5, 0.6) is 5.75 Å². The molecule has 0 bridgehead atoms. The average Bonchev–Trinajstić information content (AvgIpc) is 3.68. The summed E-state index contributed by atoms with van der Waals surface area (Å²) in [6.45, 7) is 5.58. The van der Waals surface area contributed by atoms with E-state index in [1.54, 1.807) is 60.8 Å². The minimum absolute atomic E-state index is 0.0647. The number of rotatable bonds is 7. The highest BCUT2D eigenvalue weighted by atomic mass is 32.2. The molecule has 1 aliphatic carbocycles. The molecule has 1 atom stereocenters. The minimum atomic E-state index is -3.75. The summed E-state index contributed by atoms with van der Waals surface area (Å²) in [4.78, 5) is 28.4. The predicted molar refractivity (Wildman–Crippen MR) is 156 cm³/mol. The van der Waals surface area contributed by atoms with E-state index >= 15 is 0 Å². The van der Waals surface area contributed by atoms with Crippen molar-refractivity contribution in [2.24, 2.45) is 0 Å². The molecule has 2 fully saturated rings. The zero-order valence-corrected chi connectivity index (χ0v) is 24.2. The number of aryl methyl sites for hydroxylation is 1. The number of nitrogens with one attached hydrogen (secondary N) is 1. The van der Waals surface area contributed by atoms with Gasteiger partial charge in [0.25, 0.3) is 0 Å². The van der Waals surface area contributed by atoms with Gasteiger partial charge in [-0.1, -0.05) is 18.2 Å². The van der Waals surface area contributed by atoms with Gasteiger partial charge in [-0.05, 0) is 63.1 Å². The third kappa shape index (κ3) is 5.42. The van der Waals surface area contributed by atoms with Gasteiger partial charge in [0.1, 0.15) is 16.3 Å².